The predicted octanol–water partition coefficient (Wildman–Crippen LogP) is 3.36. The van der Waals surface area contributed by atoms with Crippen molar-refractivity contribution in [3.05, 3.63) is 30.1 Å². The van der Waals surface area contributed by atoms with Crippen molar-refractivity contribution in [1.29, 1.82) is 0 Å². The summed E-state index contributed by atoms with van der Waals surface area (Å²) in [7, 11) is 0. The number of rotatable bonds is 4. The van der Waals surface area contributed by atoms with Gasteiger partial charge in [-0.25, -0.2) is 4.39 Å². The van der Waals surface area contributed by atoms with E-state index in [2.05, 4.69) is 24.1 Å². The van der Waals surface area contributed by atoms with E-state index in [9.17, 15) is 4.39 Å². The molecule has 0 unspecified atom stereocenters. The number of hydrogen-bond donors (Lipinski definition) is 1. The molecule has 1 fully saturated rings. The number of hydrogen-bond acceptors (Lipinski definition) is 2. The van der Waals surface area contributed by atoms with Gasteiger partial charge in [0.15, 0.2) is 0 Å². The Kier molecular flexibility index (Phi) is 4.59. The van der Waals surface area contributed by atoms with Crippen LogP contribution in [0.3, 0.4) is 0 Å². The molecule has 2 rings (SSSR count). The molecule has 18 heavy (non-hydrogen) atoms. The molecule has 1 aromatic rings. The zero-order chi connectivity index (χ0) is 13.0. The number of piperidine rings is 1. The molecule has 1 saturated heterocycles. The van der Waals surface area contributed by atoms with Gasteiger partial charge in [0.25, 0.3) is 0 Å². The third-order valence-electron chi connectivity index (χ3n) is 3.34. The Labute approximate surface area is 109 Å². The SMILES string of the molecule is CC(C)CN1CCC[C@H](Nc2ccc(F)cc2)C1. The van der Waals surface area contributed by atoms with Crippen LogP contribution in [0.15, 0.2) is 24.3 Å². The fourth-order valence-electron chi connectivity index (χ4n) is 2.64. The standard InChI is InChI=1S/C15H23FN2/c1-12(2)10-18-9-3-4-15(11-18)17-14-7-5-13(16)6-8-14/h5-8,12,15,17H,3-4,9-11H2,1-2H3/t15-/m0/s1. The molecule has 0 aliphatic carbocycles. The molecule has 0 bridgehead atoms. The molecular weight excluding hydrogens is 227 g/mol. The molecule has 0 radical (unpaired) electrons. The van der Waals surface area contributed by atoms with Crippen molar-refractivity contribution in [2.24, 2.45) is 5.92 Å². The lowest BCUT2D eigenvalue weighted by Crippen LogP contribution is -2.43. The highest BCUT2D eigenvalue weighted by Crippen LogP contribution is 2.17. The molecule has 1 aromatic carbocycles. The molecule has 1 aliphatic heterocycles. The largest absolute Gasteiger partial charge is 0.381 e. The molecule has 100 valence electrons. The lowest BCUT2D eigenvalue weighted by atomic mass is 10.0. The number of benzene rings is 1. The van der Waals surface area contributed by atoms with E-state index in [1.165, 1.54) is 38.1 Å². The monoisotopic (exact) mass is 250 g/mol. The van der Waals surface area contributed by atoms with Crippen LogP contribution in [-0.4, -0.2) is 30.6 Å². The van der Waals surface area contributed by atoms with Crippen LogP contribution in [0.5, 0.6) is 0 Å². The van der Waals surface area contributed by atoms with Crippen LogP contribution in [0.25, 0.3) is 0 Å². The zero-order valence-electron chi connectivity index (χ0n) is 11.3. The highest BCUT2D eigenvalue weighted by Gasteiger charge is 2.19. The van der Waals surface area contributed by atoms with Crippen LogP contribution in [0.1, 0.15) is 26.7 Å². The topological polar surface area (TPSA) is 15.3 Å². The third kappa shape index (κ3) is 3.98. The quantitative estimate of drug-likeness (QED) is 0.881. The third-order valence-corrected chi connectivity index (χ3v) is 3.34. The van der Waals surface area contributed by atoms with E-state index in [-0.39, 0.29) is 5.82 Å². The Morgan fingerprint density at radius 2 is 2.06 bits per heavy atom. The second-order valence-electron chi connectivity index (χ2n) is 5.64. The molecule has 1 N–H and O–H groups in total. The van der Waals surface area contributed by atoms with Crippen molar-refractivity contribution >= 4 is 5.69 Å². The Morgan fingerprint density at radius 1 is 1.33 bits per heavy atom. The highest BCUT2D eigenvalue weighted by molar-refractivity contribution is 5.43. The zero-order valence-corrected chi connectivity index (χ0v) is 11.3. The van der Waals surface area contributed by atoms with Gasteiger partial charge in [-0.1, -0.05) is 13.8 Å². The second kappa shape index (κ2) is 6.19. The smallest absolute Gasteiger partial charge is 0.123 e. The van der Waals surface area contributed by atoms with Gasteiger partial charge in [0.05, 0.1) is 0 Å². The summed E-state index contributed by atoms with van der Waals surface area (Å²) < 4.78 is 12.8. The summed E-state index contributed by atoms with van der Waals surface area (Å²) in [5.41, 5.74) is 1.02. The van der Waals surface area contributed by atoms with Gasteiger partial charge >= 0.3 is 0 Å². The van der Waals surface area contributed by atoms with Crippen LogP contribution in [0.2, 0.25) is 0 Å². The average molecular weight is 250 g/mol. The van der Waals surface area contributed by atoms with Crippen LogP contribution < -0.4 is 5.32 Å². The van der Waals surface area contributed by atoms with Gasteiger partial charge in [-0.15, -0.1) is 0 Å². The molecule has 2 nitrogen and oxygen atoms in total. The molecular formula is C15H23FN2. The molecule has 3 heteroatoms. The van der Waals surface area contributed by atoms with Crippen molar-refractivity contribution in [3.8, 4) is 0 Å². The van der Waals surface area contributed by atoms with Gasteiger partial charge in [0, 0.05) is 24.8 Å². The molecule has 1 heterocycles. The van der Waals surface area contributed by atoms with Crippen molar-refractivity contribution in [2.45, 2.75) is 32.7 Å². The first-order chi connectivity index (χ1) is 8.63. The summed E-state index contributed by atoms with van der Waals surface area (Å²) in [4.78, 5) is 2.52. The summed E-state index contributed by atoms with van der Waals surface area (Å²) in [5, 5.41) is 3.50. The van der Waals surface area contributed by atoms with Gasteiger partial charge in [0.2, 0.25) is 0 Å². The molecule has 0 aromatic heterocycles. The minimum absolute atomic E-state index is 0.175. The molecule has 1 aliphatic rings. The normalized spacial score (nSPS) is 21.2. The fourth-order valence-corrected chi connectivity index (χ4v) is 2.64. The van der Waals surface area contributed by atoms with E-state index >= 15 is 0 Å². The van der Waals surface area contributed by atoms with Gasteiger partial charge in [-0.3, -0.25) is 0 Å². The van der Waals surface area contributed by atoms with E-state index < -0.39 is 0 Å². The molecule has 0 spiro atoms. The summed E-state index contributed by atoms with van der Waals surface area (Å²) in [6.07, 6.45) is 2.44. The Balaban J connectivity index is 1.87. The lowest BCUT2D eigenvalue weighted by molar-refractivity contribution is 0.195. The Hall–Kier alpha value is -1.09. The Bertz CT molecular complexity index is 361. The summed E-state index contributed by atoms with van der Waals surface area (Å²) in [6.45, 7) is 7.99. The number of halogens is 1. The molecule has 0 saturated carbocycles. The average Bonchev–Trinajstić information content (AvgIpc) is 2.32. The minimum atomic E-state index is -0.175. The molecule has 0 amide bonds. The van der Waals surface area contributed by atoms with E-state index in [1.807, 2.05) is 12.1 Å². The molecule has 1 atom stereocenters. The van der Waals surface area contributed by atoms with Gasteiger partial charge in [0.1, 0.15) is 5.82 Å². The fraction of sp³-hybridized carbons (Fsp3) is 0.600. The number of nitrogens with one attached hydrogen (secondary N) is 1. The van der Waals surface area contributed by atoms with Crippen molar-refractivity contribution in [2.75, 3.05) is 25.0 Å². The van der Waals surface area contributed by atoms with E-state index in [1.54, 1.807) is 0 Å². The summed E-state index contributed by atoms with van der Waals surface area (Å²) >= 11 is 0. The van der Waals surface area contributed by atoms with E-state index in [0.29, 0.717) is 6.04 Å². The maximum absolute atomic E-state index is 12.8. The van der Waals surface area contributed by atoms with E-state index in [0.717, 1.165) is 18.2 Å². The van der Waals surface area contributed by atoms with Crippen molar-refractivity contribution < 1.29 is 4.39 Å². The van der Waals surface area contributed by atoms with Crippen LogP contribution in [0, 0.1) is 11.7 Å². The van der Waals surface area contributed by atoms with Crippen LogP contribution in [-0.2, 0) is 0 Å². The van der Waals surface area contributed by atoms with Gasteiger partial charge < -0.3 is 10.2 Å². The predicted molar refractivity (Wildman–Crippen MR) is 74.3 cm³/mol. The van der Waals surface area contributed by atoms with Gasteiger partial charge in [-0.2, -0.15) is 0 Å². The van der Waals surface area contributed by atoms with Crippen molar-refractivity contribution in [1.82, 2.24) is 4.90 Å². The van der Waals surface area contributed by atoms with Gasteiger partial charge in [-0.05, 0) is 49.6 Å². The van der Waals surface area contributed by atoms with Crippen LogP contribution in [0.4, 0.5) is 10.1 Å². The first kappa shape index (κ1) is 13.3. The summed E-state index contributed by atoms with van der Waals surface area (Å²) in [5.74, 6) is 0.542. The number of nitrogens with zero attached hydrogens (tertiary/aromatic N) is 1. The number of likely N-dealkylation sites (tertiary alicyclic amines) is 1. The minimum Gasteiger partial charge on any atom is -0.381 e. The summed E-state index contributed by atoms with van der Waals surface area (Å²) in [6, 6.07) is 7.14. The maximum atomic E-state index is 12.8. The maximum Gasteiger partial charge on any atom is 0.123 e. The van der Waals surface area contributed by atoms with Crippen molar-refractivity contribution in [3.63, 3.8) is 0 Å². The highest BCUT2D eigenvalue weighted by atomic mass is 19.1. The Morgan fingerprint density at radius 3 is 2.72 bits per heavy atom. The number of anilines is 1. The second-order valence-corrected chi connectivity index (χ2v) is 5.64. The first-order valence-corrected chi connectivity index (χ1v) is 6.88. The lowest BCUT2D eigenvalue weighted by Gasteiger charge is -2.34. The van der Waals surface area contributed by atoms with E-state index in [4.69, 9.17) is 0 Å². The first-order valence-electron chi connectivity index (χ1n) is 6.88. The van der Waals surface area contributed by atoms with Crippen LogP contribution >= 0.6 is 0 Å².